The van der Waals surface area contributed by atoms with Gasteiger partial charge in [0.1, 0.15) is 0 Å². The third kappa shape index (κ3) is 1.54. The molecule has 3 aromatic rings. The average Bonchev–Trinajstić information content (AvgIpc) is 2.86. The summed E-state index contributed by atoms with van der Waals surface area (Å²) < 4.78 is 0. The Morgan fingerprint density at radius 3 is 2.67 bits per heavy atom. The van der Waals surface area contributed by atoms with E-state index in [2.05, 4.69) is 46.4 Å². The lowest BCUT2D eigenvalue weighted by Gasteiger charge is -1.93. The predicted molar refractivity (Wildman–Crippen MR) is 61.9 cm³/mol. The van der Waals surface area contributed by atoms with Crippen LogP contribution in [0.1, 0.15) is 11.4 Å². The molecule has 2 nitrogen and oxygen atoms in total. The zero-order valence-corrected chi connectivity index (χ0v) is 8.33. The molecule has 1 aromatic carbocycles. The summed E-state index contributed by atoms with van der Waals surface area (Å²) in [6.45, 7) is 0. The van der Waals surface area contributed by atoms with Gasteiger partial charge in [-0.05, 0) is 29.7 Å². The first-order valence-electron chi connectivity index (χ1n) is 5.11. The molecule has 0 amide bonds. The van der Waals surface area contributed by atoms with Gasteiger partial charge in [-0.15, -0.1) is 0 Å². The number of hydrogen-bond donors (Lipinski definition) is 2. The van der Waals surface area contributed by atoms with Crippen molar-refractivity contribution in [2.24, 2.45) is 0 Å². The SMILES string of the molecule is c1c[nH]c(Cc2cc3ccccc3[nH]2)c1. The quantitative estimate of drug-likeness (QED) is 0.631. The fourth-order valence-corrected chi connectivity index (χ4v) is 1.91. The smallest absolute Gasteiger partial charge is 0.0456 e. The highest BCUT2D eigenvalue weighted by Crippen LogP contribution is 2.16. The number of fused-ring (bicyclic) bond motifs is 1. The van der Waals surface area contributed by atoms with Crippen LogP contribution in [0, 0.1) is 0 Å². The van der Waals surface area contributed by atoms with Crippen molar-refractivity contribution in [2.75, 3.05) is 0 Å². The Labute approximate surface area is 88.0 Å². The Morgan fingerprint density at radius 2 is 1.87 bits per heavy atom. The normalized spacial score (nSPS) is 10.9. The Bertz CT molecular complexity index is 528. The fourth-order valence-electron chi connectivity index (χ4n) is 1.91. The zero-order chi connectivity index (χ0) is 10.1. The molecule has 0 unspecified atom stereocenters. The first-order valence-corrected chi connectivity index (χ1v) is 5.11. The summed E-state index contributed by atoms with van der Waals surface area (Å²) in [5.41, 5.74) is 3.69. The van der Waals surface area contributed by atoms with Crippen LogP contribution >= 0.6 is 0 Å². The molecule has 0 saturated heterocycles. The maximum Gasteiger partial charge on any atom is 0.0456 e. The highest BCUT2D eigenvalue weighted by Gasteiger charge is 2.01. The molecule has 3 rings (SSSR count). The summed E-state index contributed by atoms with van der Waals surface area (Å²) in [4.78, 5) is 6.62. The molecule has 74 valence electrons. The molecule has 0 radical (unpaired) electrons. The van der Waals surface area contributed by atoms with E-state index in [4.69, 9.17) is 0 Å². The molecule has 15 heavy (non-hydrogen) atoms. The second-order valence-electron chi connectivity index (χ2n) is 3.75. The lowest BCUT2D eigenvalue weighted by Crippen LogP contribution is -1.86. The minimum Gasteiger partial charge on any atom is -0.365 e. The second-order valence-corrected chi connectivity index (χ2v) is 3.75. The van der Waals surface area contributed by atoms with E-state index < -0.39 is 0 Å². The lowest BCUT2D eigenvalue weighted by atomic mass is 10.2. The van der Waals surface area contributed by atoms with Gasteiger partial charge in [-0.3, -0.25) is 0 Å². The third-order valence-electron chi connectivity index (χ3n) is 2.63. The van der Waals surface area contributed by atoms with E-state index in [0.29, 0.717) is 0 Å². The maximum absolute atomic E-state index is 3.41. The van der Waals surface area contributed by atoms with Crippen LogP contribution in [0.4, 0.5) is 0 Å². The Balaban J connectivity index is 1.98. The highest BCUT2D eigenvalue weighted by atomic mass is 14.7. The van der Waals surface area contributed by atoms with Crippen LogP contribution in [0.2, 0.25) is 0 Å². The first-order chi connectivity index (χ1) is 7.42. The molecule has 2 N–H and O–H groups in total. The van der Waals surface area contributed by atoms with Gasteiger partial charge >= 0.3 is 0 Å². The van der Waals surface area contributed by atoms with E-state index in [0.717, 1.165) is 6.42 Å². The molecule has 0 aliphatic rings. The molecule has 0 aliphatic heterocycles. The number of aromatic nitrogens is 2. The minimum absolute atomic E-state index is 0.932. The number of hydrogen-bond acceptors (Lipinski definition) is 0. The molecule has 0 spiro atoms. The van der Waals surface area contributed by atoms with Crippen LogP contribution in [-0.4, -0.2) is 9.97 Å². The van der Waals surface area contributed by atoms with E-state index in [1.54, 1.807) is 0 Å². The zero-order valence-electron chi connectivity index (χ0n) is 8.33. The Hall–Kier alpha value is -1.96. The number of para-hydroxylation sites is 1. The second kappa shape index (κ2) is 3.31. The van der Waals surface area contributed by atoms with Crippen molar-refractivity contribution in [3.8, 4) is 0 Å². The van der Waals surface area contributed by atoms with Crippen LogP contribution in [0.15, 0.2) is 48.7 Å². The summed E-state index contributed by atoms with van der Waals surface area (Å²) in [7, 11) is 0. The maximum atomic E-state index is 3.41. The van der Waals surface area contributed by atoms with Gasteiger partial charge in [0, 0.05) is 29.5 Å². The van der Waals surface area contributed by atoms with Crippen molar-refractivity contribution in [3.05, 3.63) is 60.0 Å². The van der Waals surface area contributed by atoms with Crippen LogP contribution < -0.4 is 0 Å². The van der Waals surface area contributed by atoms with Crippen LogP contribution in [0.25, 0.3) is 10.9 Å². The minimum atomic E-state index is 0.932. The number of rotatable bonds is 2. The molecule has 0 aliphatic carbocycles. The fraction of sp³-hybridized carbons (Fsp3) is 0.0769. The summed E-state index contributed by atoms with van der Waals surface area (Å²) in [6.07, 6.45) is 2.89. The van der Waals surface area contributed by atoms with Gasteiger partial charge in [-0.1, -0.05) is 18.2 Å². The Kier molecular flexibility index (Phi) is 1.85. The van der Waals surface area contributed by atoms with Crippen molar-refractivity contribution in [2.45, 2.75) is 6.42 Å². The molecular weight excluding hydrogens is 184 g/mol. The number of benzene rings is 1. The standard InChI is InChI=1S/C13H12N2/c1-2-6-13-10(4-1)8-12(15-13)9-11-5-3-7-14-11/h1-8,14-15H,9H2. The Morgan fingerprint density at radius 1 is 0.933 bits per heavy atom. The van der Waals surface area contributed by atoms with E-state index in [1.165, 1.54) is 22.3 Å². The predicted octanol–water partition coefficient (Wildman–Crippen LogP) is 3.09. The van der Waals surface area contributed by atoms with Gasteiger partial charge in [-0.25, -0.2) is 0 Å². The number of H-pyrrole nitrogens is 2. The van der Waals surface area contributed by atoms with E-state index >= 15 is 0 Å². The summed E-state index contributed by atoms with van der Waals surface area (Å²) in [5.74, 6) is 0. The molecule has 0 fully saturated rings. The van der Waals surface area contributed by atoms with Crippen molar-refractivity contribution in [1.82, 2.24) is 9.97 Å². The summed E-state index contributed by atoms with van der Waals surface area (Å²) >= 11 is 0. The van der Waals surface area contributed by atoms with Crippen molar-refractivity contribution in [3.63, 3.8) is 0 Å². The van der Waals surface area contributed by atoms with Crippen LogP contribution in [-0.2, 0) is 6.42 Å². The topological polar surface area (TPSA) is 31.6 Å². The first kappa shape index (κ1) is 8.36. The number of aromatic amines is 2. The average molecular weight is 196 g/mol. The van der Waals surface area contributed by atoms with Gasteiger partial charge in [-0.2, -0.15) is 0 Å². The van der Waals surface area contributed by atoms with Gasteiger partial charge in [0.05, 0.1) is 0 Å². The van der Waals surface area contributed by atoms with E-state index in [-0.39, 0.29) is 0 Å². The molecule has 0 bridgehead atoms. The summed E-state index contributed by atoms with van der Waals surface area (Å²) in [6, 6.07) is 14.7. The highest BCUT2D eigenvalue weighted by molar-refractivity contribution is 5.80. The molecule has 2 heterocycles. The summed E-state index contributed by atoms with van der Waals surface area (Å²) in [5, 5.41) is 1.28. The van der Waals surface area contributed by atoms with Gasteiger partial charge in [0.2, 0.25) is 0 Å². The molecule has 2 aromatic heterocycles. The van der Waals surface area contributed by atoms with E-state index in [1.807, 2.05) is 12.3 Å². The lowest BCUT2D eigenvalue weighted by molar-refractivity contribution is 1.06. The number of nitrogens with one attached hydrogen (secondary N) is 2. The van der Waals surface area contributed by atoms with Crippen molar-refractivity contribution >= 4 is 10.9 Å². The van der Waals surface area contributed by atoms with Crippen LogP contribution in [0.5, 0.6) is 0 Å². The molecule has 2 heteroatoms. The van der Waals surface area contributed by atoms with Gasteiger partial charge in [0.15, 0.2) is 0 Å². The monoisotopic (exact) mass is 196 g/mol. The molecule has 0 saturated carbocycles. The van der Waals surface area contributed by atoms with Gasteiger partial charge < -0.3 is 9.97 Å². The van der Waals surface area contributed by atoms with Crippen LogP contribution in [0.3, 0.4) is 0 Å². The molecule has 0 atom stereocenters. The van der Waals surface area contributed by atoms with Crippen molar-refractivity contribution in [1.29, 1.82) is 0 Å². The van der Waals surface area contributed by atoms with Gasteiger partial charge in [0.25, 0.3) is 0 Å². The molecular formula is C13H12N2. The largest absolute Gasteiger partial charge is 0.365 e. The van der Waals surface area contributed by atoms with E-state index in [9.17, 15) is 0 Å². The third-order valence-corrected chi connectivity index (χ3v) is 2.63. The van der Waals surface area contributed by atoms with Crippen molar-refractivity contribution < 1.29 is 0 Å².